The summed E-state index contributed by atoms with van der Waals surface area (Å²) in [5, 5.41) is 1.36. The fraction of sp³-hybridized carbons (Fsp3) is 0. The first-order valence-electron chi connectivity index (χ1n) is 5.20. The second kappa shape index (κ2) is 5.97. The molecule has 0 saturated carbocycles. The molecule has 0 aliphatic rings. The van der Waals surface area contributed by atoms with E-state index >= 15 is 0 Å². The van der Waals surface area contributed by atoms with Gasteiger partial charge < -0.3 is 10.5 Å². The molecule has 0 aromatic heterocycles. The minimum atomic E-state index is 0.152. The van der Waals surface area contributed by atoms with E-state index < -0.39 is 0 Å². The van der Waals surface area contributed by atoms with Crippen molar-refractivity contribution in [2.24, 2.45) is 5.73 Å². The van der Waals surface area contributed by atoms with Gasteiger partial charge in [0.1, 0.15) is 16.5 Å². The molecule has 0 unspecified atom stereocenters. The molecule has 0 fully saturated rings. The summed E-state index contributed by atoms with van der Waals surface area (Å²) < 4.78 is 5.69. The van der Waals surface area contributed by atoms with Crippen LogP contribution in [0.3, 0.4) is 0 Å². The normalized spacial score (nSPS) is 10.3. The van der Waals surface area contributed by atoms with E-state index in [0.717, 1.165) is 0 Å². The van der Waals surface area contributed by atoms with Gasteiger partial charge in [-0.25, -0.2) is 0 Å². The van der Waals surface area contributed by atoms with Crippen molar-refractivity contribution in [1.82, 2.24) is 0 Å². The lowest BCUT2D eigenvalue weighted by Gasteiger charge is -2.12. The molecule has 2 aromatic rings. The molecule has 2 N–H and O–H groups in total. The summed E-state index contributed by atoms with van der Waals surface area (Å²) in [6.07, 6.45) is 0. The highest BCUT2D eigenvalue weighted by Crippen LogP contribution is 2.35. The summed E-state index contributed by atoms with van der Waals surface area (Å²) in [5.74, 6) is 0.845. The van der Waals surface area contributed by atoms with Crippen LogP contribution in [0.1, 0.15) is 5.56 Å². The zero-order valence-electron chi connectivity index (χ0n) is 9.49. The third-order valence-electron chi connectivity index (χ3n) is 2.33. The average Bonchev–Trinajstić information content (AvgIpc) is 2.33. The van der Waals surface area contributed by atoms with E-state index in [1.54, 1.807) is 36.4 Å². The maximum atomic E-state index is 6.06. The Morgan fingerprint density at radius 1 is 1.00 bits per heavy atom. The molecule has 0 amide bonds. The van der Waals surface area contributed by atoms with Crippen LogP contribution in [0.15, 0.2) is 36.4 Å². The second-order valence-electron chi connectivity index (χ2n) is 3.65. The molecule has 2 nitrogen and oxygen atoms in total. The van der Waals surface area contributed by atoms with Crippen LogP contribution in [0.5, 0.6) is 11.5 Å². The van der Waals surface area contributed by atoms with Gasteiger partial charge in [0.15, 0.2) is 0 Å². The lowest BCUT2D eigenvalue weighted by molar-refractivity contribution is 0.482. The third-order valence-corrected chi connectivity index (χ3v) is 3.40. The van der Waals surface area contributed by atoms with Crippen LogP contribution >= 0.6 is 47.0 Å². The second-order valence-corrected chi connectivity index (χ2v) is 5.34. The number of nitrogens with two attached hydrogens (primary N) is 1. The van der Waals surface area contributed by atoms with E-state index in [4.69, 9.17) is 57.5 Å². The molecule has 0 spiro atoms. The number of thiocarbonyl (C=S) groups is 1. The Labute approximate surface area is 131 Å². The number of rotatable bonds is 3. The van der Waals surface area contributed by atoms with Crippen LogP contribution in [0.4, 0.5) is 0 Å². The van der Waals surface area contributed by atoms with Crippen molar-refractivity contribution in [2.45, 2.75) is 0 Å². The molecule has 19 heavy (non-hydrogen) atoms. The molecule has 6 heteroatoms. The number of halogens is 3. The van der Waals surface area contributed by atoms with Gasteiger partial charge in [-0.15, -0.1) is 0 Å². The lowest BCUT2D eigenvalue weighted by atomic mass is 10.2. The van der Waals surface area contributed by atoms with Gasteiger partial charge in [-0.3, -0.25) is 0 Å². The Bertz CT molecular complexity index is 646. The Kier molecular flexibility index (Phi) is 4.53. The van der Waals surface area contributed by atoms with Crippen LogP contribution < -0.4 is 10.5 Å². The molecule has 0 atom stereocenters. The molecule has 0 heterocycles. The summed E-state index contributed by atoms with van der Waals surface area (Å²) in [6.45, 7) is 0. The predicted octanol–water partition coefficient (Wildman–Crippen LogP) is 5.07. The highest BCUT2D eigenvalue weighted by atomic mass is 35.5. The van der Waals surface area contributed by atoms with E-state index in [9.17, 15) is 0 Å². The smallest absolute Gasteiger partial charge is 0.147 e. The predicted molar refractivity (Wildman–Crippen MR) is 83.9 cm³/mol. The van der Waals surface area contributed by atoms with Gasteiger partial charge in [-0.05, 0) is 24.3 Å². The number of hydrogen-bond donors (Lipinski definition) is 1. The van der Waals surface area contributed by atoms with Gasteiger partial charge in [-0.2, -0.15) is 0 Å². The highest BCUT2D eigenvalue weighted by molar-refractivity contribution is 7.80. The van der Waals surface area contributed by atoms with Crippen LogP contribution in [0, 0.1) is 0 Å². The van der Waals surface area contributed by atoms with Crippen molar-refractivity contribution in [3.8, 4) is 11.5 Å². The molecule has 2 aromatic carbocycles. The summed E-state index contributed by atoms with van der Waals surface area (Å²) in [6, 6.07) is 10.0. The van der Waals surface area contributed by atoms with E-state index in [1.165, 1.54) is 0 Å². The first-order valence-corrected chi connectivity index (χ1v) is 6.74. The first-order chi connectivity index (χ1) is 8.99. The minimum Gasteiger partial charge on any atom is -0.455 e. The zero-order chi connectivity index (χ0) is 14.0. The molecule has 0 aliphatic carbocycles. The monoisotopic (exact) mass is 331 g/mol. The molecule has 0 bridgehead atoms. The van der Waals surface area contributed by atoms with Crippen LogP contribution in [0.2, 0.25) is 15.1 Å². The molecular weight excluding hydrogens is 325 g/mol. The van der Waals surface area contributed by atoms with Crippen molar-refractivity contribution in [2.75, 3.05) is 0 Å². The Morgan fingerprint density at radius 2 is 1.74 bits per heavy atom. The van der Waals surface area contributed by atoms with E-state index in [-0.39, 0.29) is 4.99 Å². The molecule has 2 rings (SSSR count). The van der Waals surface area contributed by atoms with Crippen molar-refractivity contribution >= 4 is 52.0 Å². The van der Waals surface area contributed by atoms with Crippen molar-refractivity contribution < 1.29 is 4.74 Å². The van der Waals surface area contributed by atoms with Gasteiger partial charge in [0, 0.05) is 11.1 Å². The maximum Gasteiger partial charge on any atom is 0.147 e. The van der Waals surface area contributed by atoms with Crippen LogP contribution in [-0.4, -0.2) is 4.99 Å². The topological polar surface area (TPSA) is 35.2 Å². The van der Waals surface area contributed by atoms with Crippen molar-refractivity contribution in [1.29, 1.82) is 0 Å². The first kappa shape index (κ1) is 14.4. The van der Waals surface area contributed by atoms with Crippen molar-refractivity contribution in [3.63, 3.8) is 0 Å². The number of ether oxygens (including phenoxy) is 1. The molecule has 0 saturated heterocycles. The summed E-state index contributed by atoms with van der Waals surface area (Å²) in [7, 11) is 0. The third kappa shape index (κ3) is 3.31. The van der Waals surface area contributed by atoms with Gasteiger partial charge in [0.25, 0.3) is 0 Å². The summed E-state index contributed by atoms with van der Waals surface area (Å²) >= 11 is 23.0. The molecular formula is C13H8Cl3NOS. The minimum absolute atomic E-state index is 0.152. The Hall–Kier alpha value is -1.000. The molecule has 0 radical (unpaired) electrons. The SMILES string of the molecule is NC(=S)c1c(Cl)cccc1Oc1cc(Cl)ccc1Cl. The van der Waals surface area contributed by atoms with Gasteiger partial charge >= 0.3 is 0 Å². The van der Waals surface area contributed by atoms with Gasteiger partial charge in [0.05, 0.1) is 15.6 Å². The van der Waals surface area contributed by atoms with Crippen LogP contribution in [0.25, 0.3) is 0 Å². The van der Waals surface area contributed by atoms with Gasteiger partial charge in [0.2, 0.25) is 0 Å². The standard InChI is InChI=1S/C13H8Cl3NOS/c14-7-4-5-8(15)11(6-7)18-10-3-1-2-9(16)12(10)13(17)19/h1-6H,(H2,17,19). The number of benzene rings is 2. The summed E-state index contributed by atoms with van der Waals surface area (Å²) in [5.41, 5.74) is 6.11. The van der Waals surface area contributed by atoms with Gasteiger partial charge in [-0.1, -0.05) is 53.1 Å². The fourth-order valence-electron chi connectivity index (χ4n) is 1.50. The van der Waals surface area contributed by atoms with Crippen LogP contribution in [-0.2, 0) is 0 Å². The Balaban J connectivity index is 2.46. The molecule has 0 aliphatic heterocycles. The lowest BCUT2D eigenvalue weighted by Crippen LogP contribution is -2.11. The zero-order valence-corrected chi connectivity index (χ0v) is 12.6. The molecule has 98 valence electrons. The average molecular weight is 333 g/mol. The fourth-order valence-corrected chi connectivity index (χ4v) is 2.35. The highest BCUT2D eigenvalue weighted by Gasteiger charge is 2.13. The quantitative estimate of drug-likeness (QED) is 0.797. The largest absolute Gasteiger partial charge is 0.455 e. The van der Waals surface area contributed by atoms with E-state index in [2.05, 4.69) is 0 Å². The maximum absolute atomic E-state index is 6.06. The van der Waals surface area contributed by atoms with E-state index in [1.807, 2.05) is 0 Å². The summed E-state index contributed by atoms with van der Waals surface area (Å²) in [4.78, 5) is 0.152. The van der Waals surface area contributed by atoms with E-state index in [0.29, 0.717) is 32.1 Å². The number of hydrogen-bond acceptors (Lipinski definition) is 2. The van der Waals surface area contributed by atoms with Crippen molar-refractivity contribution in [3.05, 3.63) is 57.0 Å². The Morgan fingerprint density at radius 3 is 2.42 bits per heavy atom.